The summed E-state index contributed by atoms with van der Waals surface area (Å²) in [7, 11) is 0. The normalized spacial score (nSPS) is 14.0. The zero-order valence-corrected chi connectivity index (χ0v) is 21.7. The van der Waals surface area contributed by atoms with Crippen molar-refractivity contribution in [1.29, 1.82) is 0 Å². The molecule has 37 heavy (non-hydrogen) atoms. The standard InChI is InChI=1S/C24H37N5O7S/c1-37-12-10-18(24(35)36)28-23(34)19(13-15-7-3-2-4-8-15)29-22(33)17(9-5-6-11-25)27-21(32)16(26)14-20(30)31/h2-4,7-8,16-19H,5-6,9-14,25-26H2,1H3,(H,27,32)(H,28,34)(H,29,33)(H,30,31)(H,35,36). The topological polar surface area (TPSA) is 214 Å². The summed E-state index contributed by atoms with van der Waals surface area (Å²) in [6, 6.07) is 4.13. The molecule has 13 heteroatoms. The number of carboxylic acids is 2. The second-order valence-electron chi connectivity index (χ2n) is 8.48. The van der Waals surface area contributed by atoms with Gasteiger partial charge in [-0.1, -0.05) is 30.3 Å². The van der Waals surface area contributed by atoms with Crippen molar-refractivity contribution >= 4 is 41.4 Å². The number of unbranched alkanes of at least 4 members (excludes halogenated alkanes) is 1. The maximum Gasteiger partial charge on any atom is 0.326 e. The van der Waals surface area contributed by atoms with Crippen LogP contribution in [0.3, 0.4) is 0 Å². The first-order valence-electron chi connectivity index (χ1n) is 11.9. The molecule has 206 valence electrons. The molecule has 0 saturated carbocycles. The summed E-state index contributed by atoms with van der Waals surface area (Å²) in [6.45, 7) is 0.368. The molecule has 0 bridgehead atoms. The largest absolute Gasteiger partial charge is 0.481 e. The average molecular weight is 540 g/mol. The predicted molar refractivity (Wildman–Crippen MR) is 140 cm³/mol. The highest BCUT2D eigenvalue weighted by Crippen LogP contribution is 2.08. The number of benzene rings is 1. The van der Waals surface area contributed by atoms with Gasteiger partial charge in [-0.3, -0.25) is 19.2 Å². The molecule has 0 spiro atoms. The molecule has 1 aromatic carbocycles. The zero-order valence-electron chi connectivity index (χ0n) is 20.9. The lowest BCUT2D eigenvalue weighted by Gasteiger charge is -2.25. The molecule has 0 saturated heterocycles. The molecule has 0 aliphatic carbocycles. The minimum Gasteiger partial charge on any atom is -0.481 e. The first kappa shape index (κ1) is 31.9. The zero-order chi connectivity index (χ0) is 27.8. The van der Waals surface area contributed by atoms with E-state index in [1.807, 2.05) is 6.26 Å². The van der Waals surface area contributed by atoms with E-state index in [0.717, 1.165) is 5.56 Å². The smallest absolute Gasteiger partial charge is 0.326 e. The Morgan fingerprint density at radius 3 is 2.03 bits per heavy atom. The molecule has 0 radical (unpaired) electrons. The third-order valence-corrected chi connectivity index (χ3v) is 6.10. The minimum atomic E-state index is -1.36. The van der Waals surface area contributed by atoms with Crippen LogP contribution in [0.5, 0.6) is 0 Å². The van der Waals surface area contributed by atoms with Crippen LogP contribution < -0.4 is 27.4 Å². The van der Waals surface area contributed by atoms with E-state index in [2.05, 4.69) is 16.0 Å². The number of rotatable bonds is 18. The van der Waals surface area contributed by atoms with Gasteiger partial charge in [0.1, 0.15) is 18.1 Å². The summed E-state index contributed by atoms with van der Waals surface area (Å²) in [5.41, 5.74) is 11.9. The van der Waals surface area contributed by atoms with Crippen molar-refractivity contribution in [3.05, 3.63) is 35.9 Å². The number of carbonyl (C=O) groups excluding carboxylic acids is 3. The van der Waals surface area contributed by atoms with Gasteiger partial charge in [0.25, 0.3) is 0 Å². The van der Waals surface area contributed by atoms with Crippen LogP contribution in [0.2, 0.25) is 0 Å². The van der Waals surface area contributed by atoms with Gasteiger partial charge >= 0.3 is 11.9 Å². The molecule has 9 N–H and O–H groups in total. The number of nitrogens with two attached hydrogens (primary N) is 2. The maximum absolute atomic E-state index is 13.2. The predicted octanol–water partition coefficient (Wildman–Crippen LogP) is -0.548. The highest BCUT2D eigenvalue weighted by atomic mass is 32.2. The van der Waals surface area contributed by atoms with Crippen molar-refractivity contribution in [2.45, 2.75) is 62.7 Å². The second kappa shape index (κ2) is 17.3. The highest BCUT2D eigenvalue weighted by Gasteiger charge is 2.30. The van der Waals surface area contributed by atoms with E-state index in [0.29, 0.717) is 25.1 Å². The first-order valence-corrected chi connectivity index (χ1v) is 13.3. The van der Waals surface area contributed by atoms with Gasteiger partial charge in [-0.15, -0.1) is 0 Å². The number of hydrogen-bond donors (Lipinski definition) is 7. The fourth-order valence-corrected chi connectivity index (χ4v) is 3.89. The Kier molecular flexibility index (Phi) is 14.9. The number of carbonyl (C=O) groups is 5. The molecular weight excluding hydrogens is 502 g/mol. The van der Waals surface area contributed by atoms with Gasteiger partial charge < -0.3 is 37.6 Å². The molecule has 0 heterocycles. The number of thioether (sulfide) groups is 1. The Balaban J connectivity index is 3.10. The summed E-state index contributed by atoms with van der Waals surface area (Å²) < 4.78 is 0. The van der Waals surface area contributed by atoms with Gasteiger partial charge in [-0.2, -0.15) is 11.8 Å². The van der Waals surface area contributed by atoms with E-state index in [-0.39, 0.29) is 19.3 Å². The van der Waals surface area contributed by atoms with Gasteiger partial charge in [0.15, 0.2) is 0 Å². The van der Waals surface area contributed by atoms with Gasteiger partial charge in [0.2, 0.25) is 17.7 Å². The quantitative estimate of drug-likeness (QED) is 0.118. The van der Waals surface area contributed by atoms with Crippen molar-refractivity contribution in [3.8, 4) is 0 Å². The van der Waals surface area contributed by atoms with Gasteiger partial charge in [-0.25, -0.2) is 4.79 Å². The molecule has 12 nitrogen and oxygen atoms in total. The van der Waals surface area contributed by atoms with Crippen molar-refractivity contribution in [2.24, 2.45) is 11.5 Å². The second-order valence-corrected chi connectivity index (χ2v) is 9.47. The molecule has 1 aromatic rings. The van der Waals surface area contributed by atoms with Crippen molar-refractivity contribution in [2.75, 3.05) is 18.6 Å². The summed E-state index contributed by atoms with van der Waals surface area (Å²) in [5.74, 6) is -4.12. The van der Waals surface area contributed by atoms with Crippen LogP contribution in [0.4, 0.5) is 0 Å². The number of nitrogens with one attached hydrogen (secondary N) is 3. The van der Waals surface area contributed by atoms with Crippen molar-refractivity contribution < 1.29 is 34.2 Å². The van der Waals surface area contributed by atoms with Crippen LogP contribution >= 0.6 is 11.8 Å². The molecule has 3 amide bonds. The lowest BCUT2D eigenvalue weighted by atomic mass is 10.0. The molecule has 0 aliphatic heterocycles. The number of aliphatic carboxylic acids is 2. The van der Waals surface area contributed by atoms with Crippen LogP contribution in [0, 0.1) is 0 Å². The fourth-order valence-electron chi connectivity index (χ4n) is 3.42. The Morgan fingerprint density at radius 2 is 1.46 bits per heavy atom. The fraction of sp³-hybridized carbons (Fsp3) is 0.542. The maximum atomic E-state index is 13.2. The summed E-state index contributed by atoms with van der Waals surface area (Å²) >= 11 is 1.44. The van der Waals surface area contributed by atoms with E-state index in [4.69, 9.17) is 16.6 Å². The molecule has 0 aromatic heterocycles. The molecule has 0 aliphatic rings. The van der Waals surface area contributed by atoms with Crippen LogP contribution in [0.1, 0.15) is 37.7 Å². The van der Waals surface area contributed by atoms with Crippen LogP contribution in [0.15, 0.2) is 30.3 Å². The third-order valence-electron chi connectivity index (χ3n) is 5.45. The number of hydrogen-bond acceptors (Lipinski definition) is 8. The Morgan fingerprint density at radius 1 is 0.865 bits per heavy atom. The molecular formula is C24H37N5O7S. The molecule has 0 fully saturated rings. The molecule has 4 unspecified atom stereocenters. The Bertz CT molecular complexity index is 903. The Hall–Kier alpha value is -3.16. The lowest BCUT2D eigenvalue weighted by molar-refractivity contribution is -0.142. The van der Waals surface area contributed by atoms with Crippen LogP contribution in [-0.4, -0.2) is 82.6 Å². The summed E-state index contributed by atoms with van der Waals surface area (Å²) in [5, 5.41) is 26.0. The summed E-state index contributed by atoms with van der Waals surface area (Å²) in [4.78, 5) is 61.3. The Labute approximate surface area is 220 Å². The van der Waals surface area contributed by atoms with E-state index in [9.17, 15) is 29.1 Å². The van der Waals surface area contributed by atoms with Gasteiger partial charge in [0.05, 0.1) is 12.5 Å². The monoisotopic (exact) mass is 539 g/mol. The SMILES string of the molecule is CSCCC(NC(=O)C(Cc1ccccc1)NC(=O)C(CCCCN)NC(=O)C(N)CC(=O)O)C(=O)O. The molecule has 1 rings (SSSR count). The molecule has 4 atom stereocenters. The van der Waals surface area contributed by atoms with Crippen LogP contribution in [0.25, 0.3) is 0 Å². The van der Waals surface area contributed by atoms with Crippen LogP contribution in [-0.2, 0) is 30.4 Å². The van der Waals surface area contributed by atoms with E-state index in [1.165, 1.54) is 11.8 Å². The van der Waals surface area contributed by atoms with Gasteiger partial charge in [0, 0.05) is 6.42 Å². The summed E-state index contributed by atoms with van der Waals surface area (Å²) in [6.07, 6.45) is 2.72. The first-order chi connectivity index (χ1) is 17.6. The van der Waals surface area contributed by atoms with E-state index < -0.39 is 60.2 Å². The van der Waals surface area contributed by atoms with Gasteiger partial charge in [-0.05, 0) is 49.8 Å². The van der Waals surface area contributed by atoms with E-state index in [1.54, 1.807) is 30.3 Å². The third kappa shape index (κ3) is 12.6. The van der Waals surface area contributed by atoms with Crippen molar-refractivity contribution in [3.63, 3.8) is 0 Å². The van der Waals surface area contributed by atoms with E-state index >= 15 is 0 Å². The number of amides is 3. The minimum absolute atomic E-state index is 0.0786. The number of carboxylic acid groups (broad SMARTS) is 2. The average Bonchev–Trinajstić information content (AvgIpc) is 2.85. The lowest BCUT2D eigenvalue weighted by Crippen LogP contribution is -2.57. The van der Waals surface area contributed by atoms with Crippen molar-refractivity contribution in [1.82, 2.24) is 16.0 Å². The highest BCUT2D eigenvalue weighted by molar-refractivity contribution is 7.98.